The number of fused-ring (bicyclic) bond motifs is 1. The van der Waals surface area contributed by atoms with Crippen molar-refractivity contribution in [1.29, 1.82) is 0 Å². The van der Waals surface area contributed by atoms with Crippen LogP contribution in [0.2, 0.25) is 5.02 Å². The Labute approximate surface area is 189 Å². The zero-order chi connectivity index (χ0) is 22.8. The molecule has 0 aliphatic carbocycles. The second-order valence-corrected chi connectivity index (χ2v) is 8.41. The molecular weight excluding hydrogens is 436 g/mol. The number of hydrogen-bond donors (Lipinski definition) is 3. The molecule has 2 saturated heterocycles. The quantitative estimate of drug-likeness (QED) is 0.626. The Morgan fingerprint density at radius 1 is 1.12 bits per heavy atom. The number of hydrogen-bond acceptors (Lipinski definition) is 6. The molecule has 1 atom stereocenters. The molecule has 3 heterocycles. The number of nitrogen functional groups attached to an aromatic ring is 1. The number of carbonyl (C=O) groups is 3. The van der Waals surface area contributed by atoms with Gasteiger partial charge in [0.1, 0.15) is 11.9 Å². The number of imide groups is 1. The minimum absolute atomic E-state index is 0.160. The van der Waals surface area contributed by atoms with Gasteiger partial charge in [0.2, 0.25) is 0 Å². The summed E-state index contributed by atoms with van der Waals surface area (Å²) in [7, 11) is 0. The Hall–Kier alpha value is -3.27. The fourth-order valence-electron chi connectivity index (χ4n) is 4.22. The maximum absolute atomic E-state index is 12.8. The lowest BCUT2D eigenvalue weighted by atomic mass is 10.1. The Balaban J connectivity index is 1.42. The Morgan fingerprint density at radius 2 is 1.88 bits per heavy atom. The van der Waals surface area contributed by atoms with Gasteiger partial charge in [0.05, 0.1) is 5.52 Å². The molecule has 0 spiro atoms. The van der Waals surface area contributed by atoms with E-state index in [1.807, 2.05) is 12.1 Å². The van der Waals surface area contributed by atoms with Gasteiger partial charge in [-0.05, 0) is 37.5 Å². The molecule has 10 nitrogen and oxygen atoms in total. The van der Waals surface area contributed by atoms with E-state index in [2.05, 4.69) is 15.2 Å². The standard InChI is InChI=1S/C21H25ClN6O4/c22-13-4-5-14-16(11-13)24-18(23)12-17(14)26-7-9-27(10-8-26)20(30)25-15-3-1-2-6-28(19(15)29)21(31)32/h4-5,11-12,15H,1-3,6-10H2,(H2,23,24)(H,25,30)(H,31,32)/t15-/m0/s1. The number of nitrogens with two attached hydrogens (primary N) is 1. The van der Waals surface area contributed by atoms with Crippen LogP contribution in [0.5, 0.6) is 0 Å². The van der Waals surface area contributed by atoms with Crippen molar-refractivity contribution in [2.75, 3.05) is 43.4 Å². The summed E-state index contributed by atoms with van der Waals surface area (Å²) in [5, 5.41) is 13.5. The molecule has 2 aromatic rings. The van der Waals surface area contributed by atoms with Crippen LogP contribution in [0.15, 0.2) is 24.3 Å². The lowest BCUT2D eigenvalue weighted by molar-refractivity contribution is -0.130. The lowest BCUT2D eigenvalue weighted by Crippen LogP contribution is -2.56. The number of aromatic nitrogens is 1. The first kappa shape index (κ1) is 21.9. The summed E-state index contributed by atoms with van der Waals surface area (Å²) in [5.74, 6) is -0.177. The van der Waals surface area contributed by atoms with Gasteiger partial charge >= 0.3 is 12.1 Å². The van der Waals surface area contributed by atoms with Crippen LogP contribution in [0.1, 0.15) is 19.3 Å². The second-order valence-electron chi connectivity index (χ2n) is 7.97. The summed E-state index contributed by atoms with van der Waals surface area (Å²) in [6.07, 6.45) is 0.417. The molecule has 32 heavy (non-hydrogen) atoms. The third kappa shape index (κ3) is 4.50. The van der Waals surface area contributed by atoms with E-state index in [4.69, 9.17) is 17.3 Å². The largest absolute Gasteiger partial charge is 0.465 e. The van der Waals surface area contributed by atoms with Crippen LogP contribution in [-0.2, 0) is 4.79 Å². The van der Waals surface area contributed by atoms with E-state index in [0.717, 1.165) is 16.0 Å². The Bertz CT molecular complexity index is 1050. The number of carboxylic acid groups (broad SMARTS) is 1. The first-order chi connectivity index (χ1) is 15.3. The number of likely N-dealkylation sites (tertiary alicyclic amines) is 1. The highest BCUT2D eigenvalue weighted by Gasteiger charge is 2.33. The highest BCUT2D eigenvalue weighted by molar-refractivity contribution is 6.31. The zero-order valence-corrected chi connectivity index (χ0v) is 18.2. The number of amides is 4. The number of pyridine rings is 1. The maximum atomic E-state index is 12.8. The van der Waals surface area contributed by atoms with Crippen molar-refractivity contribution in [3.05, 3.63) is 29.3 Å². The average molecular weight is 461 g/mol. The van der Waals surface area contributed by atoms with Gasteiger partial charge in [0, 0.05) is 54.9 Å². The molecule has 0 radical (unpaired) electrons. The topological polar surface area (TPSA) is 132 Å². The lowest BCUT2D eigenvalue weighted by Gasteiger charge is -2.37. The van der Waals surface area contributed by atoms with Crippen molar-refractivity contribution in [3.63, 3.8) is 0 Å². The van der Waals surface area contributed by atoms with E-state index in [0.29, 0.717) is 61.8 Å². The summed E-state index contributed by atoms with van der Waals surface area (Å²) in [5.41, 5.74) is 7.63. The second kappa shape index (κ2) is 9.07. The van der Waals surface area contributed by atoms with Crippen LogP contribution in [0, 0.1) is 0 Å². The third-order valence-corrected chi connectivity index (χ3v) is 6.13. The van der Waals surface area contributed by atoms with Gasteiger partial charge in [-0.15, -0.1) is 0 Å². The van der Waals surface area contributed by atoms with E-state index in [9.17, 15) is 19.5 Å². The van der Waals surface area contributed by atoms with Gasteiger partial charge in [-0.2, -0.15) is 0 Å². The van der Waals surface area contributed by atoms with Crippen LogP contribution in [-0.4, -0.2) is 76.7 Å². The number of rotatable bonds is 2. The van der Waals surface area contributed by atoms with Gasteiger partial charge in [-0.3, -0.25) is 4.79 Å². The monoisotopic (exact) mass is 460 g/mol. The minimum atomic E-state index is -1.28. The van der Waals surface area contributed by atoms with E-state index < -0.39 is 18.0 Å². The van der Waals surface area contributed by atoms with E-state index >= 15 is 0 Å². The fraction of sp³-hybridized carbons (Fsp3) is 0.429. The molecule has 1 aromatic carbocycles. The van der Waals surface area contributed by atoms with Crippen molar-refractivity contribution in [3.8, 4) is 0 Å². The SMILES string of the molecule is Nc1cc(N2CCN(C(=O)N[C@H]3CCCCN(C(=O)O)C3=O)CC2)c2ccc(Cl)cc2n1. The molecular formula is C21H25ClN6O4. The molecule has 2 aliphatic rings. The molecule has 4 N–H and O–H groups in total. The van der Waals surface area contributed by atoms with Crippen molar-refractivity contribution < 1.29 is 19.5 Å². The number of carbonyl (C=O) groups excluding carboxylic acids is 2. The highest BCUT2D eigenvalue weighted by Crippen LogP contribution is 2.30. The molecule has 170 valence electrons. The summed E-state index contributed by atoms with van der Waals surface area (Å²) in [4.78, 5) is 45.5. The predicted octanol–water partition coefficient (Wildman–Crippen LogP) is 2.36. The first-order valence-electron chi connectivity index (χ1n) is 10.5. The van der Waals surface area contributed by atoms with Crippen LogP contribution < -0.4 is 16.0 Å². The van der Waals surface area contributed by atoms with Crippen molar-refractivity contribution in [2.24, 2.45) is 0 Å². The molecule has 2 fully saturated rings. The number of nitrogens with one attached hydrogen (secondary N) is 1. The number of benzene rings is 1. The summed E-state index contributed by atoms with van der Waals surface area (Å²) in [6.45, 7) is 2.22. The normalized spacial score (nSPS) is 19.7. The highest BCUT2D eigenvalue weighted by atomic mass is 35.5. The van der Waals surface area contributed by atoms with Gasteiger partial charge in [-0.25, -0.2) is 19.5 Å². The van der Waals surface area contributed by atoms with Gasteiger partial charge < -0.3 is 26.0 Å². The van der Waals surface area contributed by atoms with Gasteiger partial charge in [0.25, 0.3) is 5.91 Å². The van der Waals surface area contributed by atoms with Crippen LogP contribution in [0.25, 0.3) is 10.9 Å². The number of halogens is 1. The van der Waals surface area contributed by atoms with Gasteiger partial charge in [0.15, 0.2) is 0 Å². The average Bonchev–Trinajstić information content (AvgIpc) is 2.94. The molecule has 1 aromatic heterocycles. The minimum Gasteiger partial charge on any atom is -0.465 e. The smallest absolute Gasteiger partial charge is 0.414 e. The summed E-state index contributed by atoms with van der Waals surface area (Å²) >= 11 is 6.08. The van der Waals surface area contributed by atoms with Crippen molar-refractivity contribution in [2.45, 2.75) is 25.3 Å². The number of anilines is 2. The summed E-state index contributed by atoms with van der Waals surface area (Å²) in [6, 6.07) is 6.11. The summed E-state index contributed by atoms with van der Waals surface area (Å²) < 4.78 is 0. The zero-order valence-electron chi connectivity index (χ0n) is 17.5. The number of piperazine rings is 1. The van der Waals surface area contributed by atoms with Crippen molar-refractivity contribution in [1.82, 2.24) is 20.1 Å². The Kier molecular flexibility index (Phi) is 6.22. The van der Waals surface area contributed by atoms with Crippen molar-refractivity contribution >= 4 is 52.0 Å². The molecule has 4 amide bonds. The van der Waals surface area contributed by atoms with Crippen LogP contribution >= 0.6 is 11.6 Å². The first-order valence-corrected chi connectivity index (χ1v) is 10.9. The van der Waals surface area contributed by atoms with Crippen LogP contribution in [0.3, 0.4) is 0 Å². The number of nitrogens with zero attached hydrogens (tertiary/aromatic N) is 4. The molecule has 11 heteroatoms. The maximum Gasteiger partial charge on any atom is 0.414 e. The van der Waals surface area contributed by atoms with E-state index in [1.165, 1.54) is 0 Å². The predicted molar refractivity (Wildman–Crippen MR) is 121 cm³/mol. The molecule has 2 aliphatic heterocycles. The fourth-order valence-corrected chi connectivity index (χ4v) is 4.39. The number of urea groups is 1. The van der Waals surface area contributed by atoms with Gasteiger partial charge in [-0.1, -0.05) is 11.6 Å². The van der Waals surface area contributed by atoms with E-state index in [-0.39, 0.29) is 12.6 Å². The molecule has 0 bridgehead atoms. The third-order valence-electron chi connectivity index (χ3n) is 5.89. The Morgan fingerprint density at radius 3 is 2.59 bits per heavy atom. The molecule has 0 unspecified atom stereocenters. The van der Waals surface area contributed by atoms with E-state index in [1.54, 1.807) is 17.0 Å². The molecule has 0 saturated carbocycles. The molecule has 4 rings (SSSR count). The van der Waals surface area contributed by atoms with Crippen LogP contribution in [0.4, 0.5) is 21.1 Å².